The van der Waals surface area contributed by atoms with Gasteiger partial charge in [0, 0.05) is 6.42 Å². The van der Waals surface area contributed by atoms with Crippen LogP contribution in [0, 0.1) is 0 Å². The first kappa shape index (κ1) is 13.0. The molecule has 0 amide bonds. The fraction of sp³-hybridized carbons (Fsp3) is 0.500. The van der Waals surface area contributed by atoms with Crippen molar-refractivity contribution >= 4 is 0 Å². The van der Waals surface area contributed by atoms with Crippen molar-refractivity contribution in [3.63, 3.8) is 0 Å². The summed E-state index contributed by atoms with van der Waals surface area (Å²) >= 11 is 0. The zero-order valence-electron chi connectivity index (χ0n) is 9.96. The van der Waals surface area contributed by atoms with Gasteiger partial charge in [0.2, 0.25) is 6.29 Å². The quantitative estimate of drug-likeness (QED) is 0.512. The molecule has 0 bridgehead atoms. The average molecular weight is 226 g/mol. The molecule has 0 heterocycles. The van der Waals surface area contributed by atoms with Gasteiger partial charge in [-0.1, -0.05) is 12.1 Å². The normalized spacial score (nSPS) is 14.1. The number of likely N-dealkylation sites (N-methyl/N-ethyl adjacent to an activating group) is 1. The van der Waals surface area contributed by atoms with Crippen molar-refractivity contribution in [2.45, 2.75) is 18.8 Å². The fourth-order valence-corrected chi connectivity index (χ4v) is 1.65. The molecule has 0 aliphatic rings. The molecule has 0 saturated heterocycles. The smallest absolute Gasteiger partial charge is 0.205 e. The van der Waals surface area contributed by atoms with Gasteiger partial charge in [0.15, 0.2) is 0 Å². The average Bonchev–Trinajstić information content (AvgIpc) is 2.14. The Morgan fingerprint density at radius 1 is 1.06 bits per heavy atom. The van der Waals surface area contributed by atoms with Gasteiger partial charge in [0.25, 0.3) is 0 Å². The lowest BCUT2D eigenvalue weighted by atomic mass is 10.0. The van der Waals surface area contributed by atoms with Crippen molar-refractivity contribution in [1.82, 2.24) is 0 Å². The molecule has 16 heavy (non-hydrogen) atoms. The maximum absolute atomic E-state index is 9.35. The van der Waals surface area contributed by atoms with Gasteiger partial charge in [0.05, 0.1) is 21.1 Å². The van der Waals surface area contributed by atoms with Crippen LogP contribution in [0.5, 0.6) is 5.75 Å². The summed E-state index contributed by atoms with van der Waals surface area (Å²) in [7, 11) is 5.76. The van der Waals surface area contributed by atoms with E-state index in [1.807, 2.05) is 21.1 Å². The van der Waals surface area contributed by atoms with E-state index in [1.54, 1.807) is 24.3 Å². The molecule has 0 aromatic heterocycles. The zero-order chi connectivity index (χ0) is 12.3. The highest BCUT2D eigenvalue weighted by molar-refractivity contribution is 5.26. The monoisotopic (exact) mass is 226 g/mol. The summed E-state index contributed by atoms with van der Waals surface area (Å²) in [6, 6.07) is 6.50. The molecule has 0 fully saturated rings. The van der Waals surface area contributed by atoms with Crippen molar-refractivity contribution in [2.75, 3.05) is 21.1 Å². The summed E-state index contributed by atoms with van der Waals surface area (Å²) in [6.07, 6.45) is -0.796. The largest absolute Gasteiger partial charge is 0.508 e. The predicted molar refractivity (Wildman–Crippen MR) is 61.9 cm³/mol. The van der Waals surface area contributed by atoms with Crippen LogP contribution in [0.2, 0.25) is 0 Å². The van der Waals surface area contributed by atoms with Gasteiger partial charge in [-0.2, -0.15) is 0 Å². The number of hydrogen-bond acceptors (Lipinski definition) is 3. The van der Waals surface area contributed by atoms with E-state index in [-0.39, 0.29) is 11.8 Å². The van der Waals surface area contributed by atoms with E-state index in [2.05, 4.69) is 0 Å². The second-order valence-corrected chi connectivity index (χ2v) is 4.97. The van der Waals surface area contributed by atoms with Crippen LogP contribution in [0.3, 0.4) is 0 Å². The summed E-state index contributed by atoms with van der Waals surface area (Å²) in [6.45, 7) is 0. The van der Waals surface area contributed by atoms with Gasteiger partial charge in [-0.3, -0.25) is 0 Å². The molecule has 3 N–H and O–H groups in total. The van der Waals surface area contributed by atoms with Gasteiger partial charge in [-0.25, -0.2) is 0 Å². The van der Waals surface area contributed by atoms with Crippen molar-refractivity contribution in [1.29, 1.82) is 0 Å². The zero-order valence-corrected chi connectivity index (χ0v) is 9.96. The van der Waals surface area contributed by atoms with Gasteiger partial charge in [-0.15, -0.1) is 0 Å². The lowest BCUT2D eigenvalue weighted by Crippen LogP contribution is -2.52. The molecule has 4 heteroatoms. The van der Waals surface area contributed by atoms with E-state index < -0.39 is 6.29 Å². The van der Waals surface area contributed by atoms with Crippen LogP contribution in [0.1, 0.15) is 5.56 Å². The van der Waals surface area contributed by atoms with E-state index in [1.165, 1.54) is 0 Å². The first-order valence-electron chi connectivity index (χ1n) is 5.26. The highest BCUT2D eigenvalue weighted by Crippen LogP contribution is 2.16. The number of benzene rings is 1. The van der Waals surface area contributed by atoms with Crippen LogP contribution in [0.4, 0.5) is 0 Å². The number of rotatable bonds is 4. The molecule has 1 atom stereocenters. The molecular formula is C12H20NO3+. The van der Waals surface area contributed by atoms with Crippen LogP contribution >= 0.6 is 0 Å². The van der Waals surface area contributed by atoms with Gasteiger partial charge >= 0.3 is 0 Å². The number of phenols is 1. The molecule has 1 unspecified atom stereocenters. The number of aromatic hydroxyl groups is 1. The summed E-state index contributed by atoms with van der Waals surface area (Å²) in [5.74, 6) is 0.218. The van der Waals surface area contributed by atoms with Crippen LogP contribution in [-0.2, 0) is 6.42 Å². The molecule has 0 spiro atoms. The van der Waals surface area contributed by atoms with Crippen LogP contribution in [0.25, 0.3) is 0 Å². The molecule has 4 nitrogen and oxygen atoms in total. The lowest BCUT2D eigenvalue weighted by molar-refractivity contribution is -0.903. The topological polar surface area (TPSA) is 60.7 Å². The van der Waals surface area contributed by atoms with E-state index in [0.717, 1.165) is 5.56 Å². The van der Waals surface area contributed by atoms with Crippen molar-refractivity contribution in [3.8, 4) is 5.75 Å². The molecule has 0 radical (unpaired) electrons. The minimum absolute atomic E-state index is 0.218. The highest BCUT2D eigenvalue weighted by Gasteiger charge is 2.30. The number of quaternary nitrogens is 1. The Bertz CT molecular complexity index is 327. The Hall–Kier alpha value is -1.10. The van der Waals surface area contributed by atoms with Gasteiger partial charge in [0.1, 0.15) is 11.8 Å². The molecule has 1 rings (SSSR count). The first-order chi connectivity index (χ1) is 7.30. The highest BCUT2D eigenvalue weighted by atomic mass is 16.5. The number of nitrogens with zero attached hydrogens (tertiary/aromatic N) is 1. The Balaban J connectivity index is 2.80. The third-order valence-electron chi connectivity index (χ3n) is 2.72. The third kappa shape index (κ3) is 3.48. The Morgan fingerprint density at radius 3 is 1.94 bits per heavy atom. The standard InChI is InChI=1S/C12H19NO3/c1-13(2,3)11(12(15)16)8-9-4-6-10(14)7-5-9/h4-7,11-12,15-16H,8H2,1-3H3/p+1. The third-order valence-corrected chi connectivity index (χ3v) is 2.72. The number of aliphatic hydroxyl groups excluding tert-OH is 1. The minimum Gasteiger partial charge on any atom is -0.508 e. The number of hydrogen-bond donors (Lipinski definition) is 3. The van der Waals surface area contributed by atoms with Crippen LogP contribution in [0.15, 0.2) is 24.3 Å². The van der Waals surface area contributed by atoms with E-state index in [4.69, 9.17) is 5.11 Å². The second-order valence-electron chi connectivity index (χ2n) is 4.97. The molecule has 0 saturated carbocycles. The van der Waals surface area contributed by atoms with Gasteiger partial charge < -0.3 is 19.8 Å². The summed E-state index contributed by atoms with van der Waals surface area (Å²) in [5, 5.41) is 27.9. The van der Waals surface area contributed by atoms with E-state index >= 15 is 0 Å². The van der Waals surface area contributed by atoms with Crippen LogP contribution in [-0.4, -0.2) is 53.3 Å². The van der Waals surface area contributed by atoms with Crippen molar-refractivity contribution < 1.29 is 19.8 Å². The molecular weight excluding hydrogens is 206 g/mol. The number of phenolic OH excluding ortho intramolecular Hbond substituents is 1. The van der Waals surface area contributed by atoms with E-state index in [9.17, 15) is 10.2 Å². The summed E-state index contributed by atoms with van der Waals surface area (Å²) in [4.78, 5) is 0. The molecule has 1 aromatic rings. The Kier molecular flexibility index (Phi) is 3.91. The SMILES string of the molecule is C[N+](C)(C)C(Cc1ccc(O)cc1)C(O)O. The molecule has 90 valence electrons. The van der Waals surface area contributed by atoms with Gasteiger partial charge in [-0.05, 0) is 17.7 Å². The van der Waals surface area contributed by atoms with Crippen molar-refractivity contribution in [3.05, 3.63) is 29.8 Å². The van der Waals surface area contributed by atoms with E-state index in [0.29, 0.717) is 10.9 Å². The maximum atomic E-state index is 9.35. The van der Waals surface area contributed by atoms with Crippen molar-refractivity contribution in [2.24, 2.45) is 0 Å². The van der Waals surface area contributed by atoms with Crippen LogP contribution < -0.4 is 0 Å². The fourth-order valence-electron chi connectivity index (χ4n) is 1.65. The molecule has 1 aromatic carbocycles. The second kappa shape index (κ2) is 4.82. The number of aliphatic hydroxyl groups is 2. The lowest BCUT2D eigenvalue weighted by Gasteiger charge is -2.35. The first-order valence-corrected chi connectivity index (χ1v) is 5.26. The predicted octanol–water partition coefficient (Wildman–Crippen LogP) is 0.320. The minimum atomic E-state index is -1.35. The summed E-state index contributed by atoms with van der Waals surface area (Å²) < 4.78 is 0.471. The molecule has 0 aliphatic heterocycles. The summed E-state index contributed by atoms with van der Waals surface area (Å²) in [5.41, 5.74) is 0.976. The maximum Gasteiger partial charge on any atom is 0.205 e. The Morgan fingerprint density at radius 2 is 1.56 bits per heavy atom. The molecule has 0 aliphatic carbocycles. The Labute approximate surface area is 96.0 Å².